The molecular weight excluding hydrogens is 450 g/mol. The molecule has 0 radical (unpaired) electrons. The molecule has 0 bridgehead atoms. The first-order chi connectivity index (χ1) is 15.6. The normalized spacial score (nSPS) is 16.1. The molecule has 4 rings (SSSR count). The van der Waals surface area contributed by atoms with Gasteiger partial charge in [0.15, 0.2) is 16.9 Å². The Morgan fingerprint density at radius 3 is 2.42 bits per heavy atom. The van der Waals surface area contributed by atoms with Crippen molar-refractivity contribution in [2.75, 3.05) is 26.2 Å². The second kappa shape index (κ2) is 8.88. The molecule has 0 saturated carbocycles. The lowest BCUT2D eigenvalue weighted by Crippen LogP contribution is -2.48. The van der Waals surface area contributed by atoms with Crippen LogP contribution < -0.4 is 11.2 Å². The minimum atomic E-state index is -3.68. The molecular formula is C20H29N7O5S. The number of sulfonamides is 1. The molecule has 13 heteroatoms. The van der Waals surface area contributed by atoms with Gasteiger partial charge in [-0.05, 0) is 20.3 Å². The fourth-order valence-corrected chi connectivity index (χ4v) is 5.97. The van der Waals surface area contributed by atoms with Gasteiger partial charge >= 0.3 is 5.69 Å². The Hall–Kier alpha value is -2.77. The van der Waals surface area contributed by atoms with Gasteiger partial charge in [0.25, 0.3) is 5.56 Å². The number of aromatic nitrogens is 5. The van der Waals surface area contributed by atoms with E-state index in [0.717, 1.165) is 12.8 Å². The summed E-state index contributed by atoms with van der Waals surface area (Å²) in [4.78, 5) is 34.0. The quantitative estimate of drug-likeness (QED) is 0.512. The molecule has 0 amide bonds. The van der Waals surface area contributed by atoms with Crippen LogP contribution in [0.4, 0.5) is 0 Å². The van der Waals surface area contributed by atoms with Gasteiger partial charge in [0.1, 0.15) is 16.4 Å². The standard InChI is InChI=1S/C20H29N7O5S/c1-5-6-7-27-18-16(19(28)22-20(27)29)24(4)15(21-18)12-25-8-10-26(11-9-25)33(30,31)17-13(2)23-32-14(17)3/h5-12H2,1-4H3,(H,22,28,29). The third kappa shape index (κ3) is 4.15. The average Bonchev–Trinajstić information content (AvgIpc) is 3.27. The van der Waals surface area contributed by atoms with Gasteiger partial charge in [-0.25, -0.2) is 18.2 Å². The van der Waals surface area contributed by atoms with Crippen molar-refractivity contribution in [1.29, 1.82) is 0 Å². The minimum absolute atomic E-state index is 0.135. The Labute approximate surface area is 190 Å². The summed E-state index contributed by atoms with van der Waals surface area (Å²) < 4.78 is 35.8. The number of piperazine rings is 1. The van der Waals surface area contributed by atoms with E-state index in [1.54, 1.807) is 25.5 Å². The lowest BCUT2D eigenvalue weighted by Gasteiger charge is -2.33. The summed E-state index contributed by atoms with van der Waals surface area (Å²) in [6.07, 6.45) is 1.71. The number of H-pyrrole nitrogens is 1. The van der Waals surface area contributed by atoms with E-state index in [-0.39, 0.29) is 10.7 Å². The maximum absolute atomic E-state index is 13.0. The lowest BCUT2D eigenvalue weighted by molar-refractivity contribution is 0.177. The van der Waals surface area contributed by atoms with Gasteiger partial charge in [-0.3, -0.25) is 19.2 Å². The van der Waals surface area contributed by atoms with Gasteiger partial charge in [0.05, 0.1) is 6.54 Å². The predicted molar refractivity (Wildman–Crippen MR) is 121 cm³/mol. The highest BCUT2D eigenvalue weighted by Crippen LogP contribution is 2.24. The van der Waals surface area contributed by atoms with E-state index in [1.165, 1.54) is 8.87 Å². The van der Waals surface area contributed by atoms with E-state index in [1.807, 2.05) is 6.92 Å². The number of imidazole rings is 1. The van der Waals surface area contributed by atoms with Crippen molar-refractivity contribution in [3.63, 3.8) is 0 Å². The van der Waals surface area contributed by atoms with Crippen LogP contribution in [0.25, 0.3) is 11.2 Å². The zero-order valence-electron chi connectivity index (χ0n) is 19.3. The van der Waals surface area contributed by atoms with Crippen molar-refractivity contribution in [2.24, 2.45) is 7.05 Å². The fraction of sp³-hybridized carbons (Fsp3) is 0.600. The van der Waals surface area contributed by atoms with Crippen LogP contribution in [-0.2, 0) is 30.2 Å². The second-order valence-electron chi connectivity index (χ2n) is 8.36. The van der Waals surface area contributed by atoms with Crippen molar-refractivity contribution >= 4 is 21.2 Å². The molecule has 3 aromatic rings. The first kappa shape index (κ1) is 23.4. The van der Waals surface area contributed by atoms with E-state index in [4.69, 9.17) is 4.52 Å². The zero-order chi connectivity index (χ0) is 23.9. The number of rotatable bonds is 7. The molecule has 0 atom stereocenters. The van der Waals surface area contributed by atoms with Gasteiger partial charge in [-0.2, -0.15) is 4.31 Å². The zero-order valence-corrected chi connectivity index (χ0v) is 20.1. The summed E-state index contributed by atoms with van der Waals surface area (Å²) in [5, 5.41) is 3.76. The summed E-state index contributed by atoms with van der Waals surface area (Å²) in [7, 11) is -1.93. The van der Waals surface area contributed by atoms with Crippen molar-refractivity contribution in [3.8, 4) is 0 Å². The number of nitrogens with zero attached hydrogens (tertiary/aromatic N) is 6. The predicted octanol–water partition coefficient (Wildman–Crippen LogP) is 0.335. The summed E-state index contributed by atoms with van der Waals surface area (Å²) >= 11 is 0. The monoisotopic (exact) mass is 479 g/mol. The molecule has 1 aliphatic rings. The maximum Gasteiger partial charge on any atom is 0.330 e. The third-order valence-corrected chi connectivity index (χ3v) is 8.25. The number of hydrogen-bond donors (Lipinski definition) is 1. The van der Waals surface area contributed by atoms with E-state index >= 15 is 0 Å². The van der Waals surface area contributed by atoms with Crippen LogP contribution >= 0.6 is 0 Å². The smallest absolute Gasteiger partial charge is 0.330 e. The largest absolute Gasteiger partial charge is 0.360 e. The number of aromatic amines is 1. The molecule has 0 unspecified atom stereocenters. The summed E-state index contributed by atoms with van der Waals surface area (Å²) in [5.74, 6) is 0.933. The molecule has 4 heterocycles. The highest BCUT2D eigenvalue weighted by molar-refractivity contribution is 7.89. The van der Waals surface area contributed by atoms with Crippen LogP contribution in [0, 0.1) is 13.8 Å². The van der Waals surface area contributed by atoms with E-state index in [0.29, 0.717) is 62.0 Å². The molecule has 3 aromatic heterocycles. The average molecular weight is 480 g/mol. The molecule has 0 aromatic carbocycles. The maximum atomic E-state index is 13.0. The van der Waals surface area contributed by atoms with Crippen molar-refractivity contribution in [1.82, 2.24) is 33.5 Å². The number of hydrogen-bond acceptors (Lipinski definition) is 8. The number of unbranched alkanes of at least 4 members (excludes halogenated alkanes) is 1. The Kier molecular flexibility index (Phi) is 6.29. The Balaban J connectivity index is 1.54. The number of fused-ring (bicyclic) bond motifs is 1. The topological polar surface area (TPSA) is 139 Å². The van der Waals surface area contributed by atoms with Crippen molar-refractivity contribution in [3.05, 3.63) is 38.1 Å². The van der Waals surface area contributed by atoms with Gasteiger partial charge in [-0.15, -0.1) is 0 Å². The van der Waals surface area contributed by atoms with E-state index in [9.17, 15) is 18.0 Å². The molecule has 1 fully saturated rings. The fourth-order valence-electron chi connectivity index (χ4n) is 4.26. The highest BCUT2D eigenvalue weighted by Gasteiger charge is 2.33. The number of aryl methyl sites for hydroxylation is 4. The Bertz CT molecular complexity index is 1370. The van der Waals surface area contributed by atoms with Crippen LogP contribution in [0.15, 0.2) is 19.0 Å². The van der Waals surface area contributed by atoms with E-state index in [2.05, 4.69) is 20.0 Å². The minimum Gasteiger partial charge on any atom is -0.360 e. The molecule has 0 spiro atoms. The van der Waals surface area contributed by atoms with Crippen LogP contribution in [0.5, 0.6) is 0 Å². The molecule has 1 saturated heterocycles. The number of nitrogens with one attached hydrogen (secondary N) is 1. The van der Waals surface area contributed by atoms with E-state index < -0.39 is 21.3 Å². The van der Waals surface area contributed by atoms with Gasteiger partial charge < -0.3 is 9.09 Å². The second-order valence-corrected chi connectivity index (χ2v) is 10.2. The van der Waals surface area contributed by atoms with Gasteiger partial charge in [0.2, 0.25) is 10.0 Å². The van der Waals surface area contributed by atoms with Crippen LogP contribution in [0.2, 0.25) is 0 Å². The Morgan fingerprint density at radius 2 is 1.82 bits per heavy atom. The lowest BCUT2D eigenvalue weighted by atomic mass is 10.3. The Morgan fingerprint density at radius 1 is 1.12 bits per heavy atom. The summed E-state index contributed by atoms with van der Waals surface area (Å²) in [6.45, 7) is 7.81. The first-order valence-electron chi connectivity index (χ1n) is 11.0. The molecule has 1 N–H and O–H groups in total. The third-order valence-electron chi connectivity index (χ3n) is 6.10. The van der Waals surface area contributed by atoms with Gasteiger partial charge in [-0.1, -0.05) is 18.5 Å². The van der Waals surface area contributed by atoms with Gasteiger partial charge in [0, 0.05) is 39.8 Å². The highest BCUT2D eigenvalue weighted by atomic mass is 32.2. The first-order valence-corrected chi connectivity index (χ1v) is 12.4. The molecule has 12 nitrogen and oxygen atoms in total. The molecule has 33 heavy (non-hydrogen) atoms. The van der Waals surface area contributed by atoms with Crippen molar-refractivity contribution < 1.29 is 12.9 Å². The summed E-state index contributed by atoms with van der Waals surface area (Å²) in [6, 6.07) is 0. The van der Waals surface area contributed by atoms with Crippen LogP contribution in [0.3, 0.4) is 0 Å². The summed E-state index contributed by atoms with van der Waals surface area (Å²) in [5.41, 5.74) is 0.187. The molecule has 0 aliphatic carbocycles. The SMILES string of the molecule is CCCCn1c(=O)[nH]c(=O)c2c1nc(CN1CCN(S(=O)(=O)c3c(C)noc3C)CC1)n2C. The van der Waals surface area contributed by atoms with Crippen LogP contribution in [-0.4, -0.2) is 68.1 Å². The molecule has 180 valence electrons. The van der Waals surface area contributed by atoms with Crippen molar-refractivity contribution in [2.45, 2.75) is 51.6 Å². The molecule has 1 aliphatic heterocycles. The van der Waals surface area contributed by atoms with Crippen LogP contribution in [0.1, 0.15) is 37.0 Å².